The SMILES string of the molecule is NC(=O)c1cc(Br)ccc1CCO. The number of aliphatic hydroxyl groups excluding tert-OH is 1. The Kier molecular flexibility index (Phi) is 3.45. The average molecular weight is 244 g/mol. The molecule has 0 fully saturated rings. The smallest absolute Gasteiger partial charge is 0.249 e. The molecule has 0 spiro atoms. The van der Waals surface area contributed by atoms with E-state index in [-0.39, 0.29) is 6.61 Å². The number of rotatable bonds is 3. The van der Waals surface area contributed by atoms with Gasteiger partial charge in [-0.3, -0.25) is 4.79 Å². The highest BCUT2D eigenvalue weighted by Crippen LogP contribution is 2.16. The molecule has 70 valence electrons. The van der Waals surface area contributed by atoms with Crippen molar-refractivity contribution in [1.29, 1.82) is 0 Å². The number of amides is 1. The second-order valence-corrected chi connectivity index (χ2v) is 3.56. The van der Waals surface area contributed by atoms with Crippen molar-refractivity contribution in [1.82, 2.24) is 0 Å². The molecule has 4 heteroatoms. The molecule has 0 heterocycles. The Hall–Kier alpha value is -0.870. The molecule has 0 aliphatic carbocycles. The quantitative estimate of drug-likeness (QED) is 0.835. The van der Waals surface area contributed by atoms with Gasteiger partial charge in [-0.25, -0.2) is 0 Å². The summed E-state index contributed by atoms with van der Waals surface area (Å²) in [6, 6.07) is 5.26. The second-order valence-electron chi connectivity index (χ2n) is 2.64. The van der Waals surface area contributed by atoms with Crippen LogP contribution in [0.4, 0.5) is 0 Å². The number of benzene rings is 1. The highest BCUT2D eigenvalue weighted by Gasteiger charge is 2.07. The van der Waals surface area contributed by atoms with E-state index in [1.54, 1.807) is 12.1 Å². The van der Waals surface area contributed by atoms with Gasteiger partial charge in [0.1, 0.15) is 0 Å². The summed E-state index contributed by atoms with van der Waals surface area (Å²) in [5.41, 5.74) is 6.41. The summed E-state index contributed by atoms with van der Waals surface area (Å²) in [6.07, 6.45) is 0.450. The summed E-state index contributed by atoms with van der Waals surface area (Å²) in [4.78, 5) is 11.0. The van der Waals surface area contributed by atoms with E-state index in [1.807, 2.05) is 6.07 Å². The maximum Gasteiger partial charge on any atom is 0.249 e. The minimum atomic E-state index is -0.468. The van der Waals surface area contributed by atoms with Crippen LogP contribution in [0.1, 0.15) is 15.9 Å². The standard InChI is InChI=1S/C9H10BrNO2/c10-7-2-1-6(3-4-12)8(5-7)9(11)13/h1-2,5,12H,3-4H2,(H2,11,13). The summed E-state index contributed by atoms with van der Waals surface area (Å²) in [5.74, 6) is -0.468. The van der Waals surface area contributed by atoms with Crippen molar-refractivity contribution >= 4 is 21.8 Å². The molecule has 0 bridgehead atoms. The van der Waals surface area contributed by atoms with Gasteiger partial charge in [0.2, 0.25) is 5.91 Å². The number of primary amides is 1. The number of carbonyl (C=O) groups excluding carboxylic acids is 1. The van der Waals surface area contributed by atoms with E-state index in [9.17, 15) is 4.79 Å². The predicted molar refractivity (Wildman–Crippen MR) is 53.4 cm³/mol. The van der Waals surface area contributed by atoms with Gasteiger partial charge in [-0.15, -0.1) is 0 Å². The van der Waals surface area contributed by atoms with Crippen LogP contribution in [-0.4, -0.2) is 17.6 Å². The van der Waals surface area contributed by atoms with Crippen molar-refractivity contribution in [3.8, 4) is 0 Å². The fraction of sp³-hybridized carbons (Fsp3) is 0.222. The Balaban J connectivity index is 3.10. The minimum absolute atomic E-state index is 0.0158. The van der Waals surface area contributed by atoms with Gasteiger partial charge >= 0.3 is 0 Å². The monoisotopic (exact) mass is 243 g/mol. The van der Waals surface area contributed by atoms with Gasteiger partial charge < -0.3 is 10.8 Å². The number of carbonyl (C=O) groups is 1. The van der Waals surface area contributed by atoms with E-state index in [2.05, 4.69) is 15.9 Å². The molecule has 1 rings (SSSR count). The van der Waals surface area contributed by atoms with Crippen LogP contribution >= 0.6 is 15.9 Å². The highest BCUT2D eigenvalue weighted by molar-refractivity contribution is 9.10. The van der Waals surface area contributed by atoms with Crippen LogP contribution in [0, 0.1) is 0 Å². The van der Waals surface area contributed by atoms with Crippen LogP contribution in [0.2, 0.25) is 0 Å². The fourth-order valence-corrected chi connectivity index (χ4v) is 1.48. The normalized spacial score (nSPS) is 10.0. The van der Waals surface area contributed by atoms with E-state index in [4.69, 9.17) is 10.8 Å². The van der Waals surface area contributed by atoms with Crippen molar-refractivity contribution in [2.75, 3.05) is 6.61 Å². The Morgan fingerprint density at radius 3 is 2.77 bits per heavy atom. The molecular weight excluding hydrogens is 234 g/mol. The molecule has 1 aromatic rings. The summed E-state index contributed by atoms with van der Waals surface area (Å²) in [7, 11) is 0. The summed E-state index contributed by atoms with van der Waals surface area (Å²) in [6.45, 7) is 0.0158. The zero-order valence-electron chi connectivity index (χ0n) is 6.96. The lowest BCUT2D eigenvalue weighted by Crippen LogP contribution is -2.14. The molecule has 0 aliphatic rings. The Labute approximate surface area is 84.7 Å². The van der Waals surface area contributed by atoms with Crippen molar-refractivity contribution in [2.24, 2.45) is 5.73 Å². The van der Waals surface area contributed by atoms with E-state index < -0.39 is 5.91 Å². The number of nitrogens with two attached hydrogens (primary N) is 1. The average Bonchev–Trinajstić information content (AvgIpc) is 2.08. The lowest BCUT2D eigenvalue weighted by Gasteiger charge is -2.04. The first kappa shape index (κ1) is 10.2. The van der Waals surface area contributed by atoms with Crippen molar-refractivity contribution in [3.63, 3.8) is 0 Å². The maximum absolute atomic E-state index is 11.0. The molecule has 3 N–H and O–H groups in total. The zero-order valence-corrected chi connectivity index (χ0v) is 8.54. The first-order valence-corrected chi connectivity index (χ1v) is 4.63. The zero-order chi connectivity index (χ0) is 9.84. The molecule has 0 unspecified atom stereocenters. The first-order chi connectivity index (χ1) is 6.15. The van der Waals surface area contributed by atoms with Gasteiger partial charge in [0.05, 0.1) is 0 Å². The van der Waals surface area contributed by atoms with E-state index in [0.717, 1.165) is 10.0 Å². The Bertz CT molecular complexity index is 325. The lowest BCUT2D eigenvalue weighted by atomic mass is 10.0. The van der Waals surface area contributed by atoms with Crippen LogP contribution < -0.4 is 5.73 Å². The summed E-state index contributed by atoms with van der Waals surface area (Å²) >= 11 is 3.25. The van der Waals surface area contributed by atoms with Crippen LogP contribution in [0.5, 0.6) is 0 Å². The van der Waals surface area contributed by atoms with Gasteiger partial charge in [0.25, 0.3) is 0 Å². The highest BCUT2D eigenvalue weighted by atomic mass is 79.9. The van der Waals surface area contributed by atoms with Gasteiger partial charge in [-0.1, -0.05) is 22.0 Å². The van der Waals surface area contributed by atoms with Crippen molar-refractivity contribution in [2.45, 2.75) is 6.42 Å². The van der Waals surface area contributed by atoms with E-state index in [1.165, 1.54) is 0 Å². The Morgan fingerprint density at radius 2 is 2.23 bits per heavy atom. The number of halogens is 1. The molecule has 0 saturated carbocycles. The van der Waals surface area contributed by atoms with Crippen LogP contribution in [0.3, 0.4) is 0 Å². The molecule has 3 nitrogen and oxygen atoms in total. The van der Waals surface area contributed by atoms with Gasteiger partial charge in [0.15, 0.2) is 0 Å². The molecular formula is C9H10BrNO2. The van der Waals surface area contributed by atoms with E-state index in [0.29, 0.717) is 12.0 Å². The maximum atomic E-state index is 11.0. The van der Waals surface area contributed by atoms with Gasteiger partial charge in [-0.05, 0) is 24.1 Å². The van der Waals surface area contributed by atoms with Gasteiger partial charge in [-0.2, -0.15) is 0 Å². The number of hydrogen-bond acceptors (Lipinski definition) is 2. The molecule has 1 amide bonds. The molecule has 1 aromatic carbocycles. The van der Waals surface area contributed by atoms with Gasteiger partial charge in [0, 0.05) is 16.6 Å². The van der Waals surface area contributed by atoms with Crippen LogP contribution in [0.25, 0.3) is 0 Å². The number of hydrogen-bond donors (Lipinski definition) is 2. The predicted octanol–water partition coefficient (Wildman–Crippen LogP) is 1.08. The number of aliphatic hydroxyl groups is 1. The minimum Gasteiger partial charge on any atom is -0.396 e. The molecule has 0 atom stereocenters. The molecule has 0 aromatic heterocycles. The molecule has 0 aliphatic heterocycles. The largest absolute Gasteiger partial charge is 0.396 e. The molecule has 0 radical (unpaired) electrons. The van der Waals surface area contributed by atoms with Crippen LogP contribution in [0.15, 0.2) is 22.7 Å². The summed E-state index contributed by atoms with van der Waals surface area (Å²) < 4.78 is 0.808. The lowest BCUT2D eigenvalue weighted by molar-refractivity contribution is 0.0999. The fourth-order valence-electron chi connectivity index (χ4n) is 1.12. The van der Waals surface area contributed by atoms with E-state index >= 15 is 0 Å². The third kappa shape index (κ3) is 2.54. The Morgan fingerprint density at radius 1 is 1.54 bits per heavy atom. The van der Waals surface area contributed by atoms with Crippen LogP contribution in [-0.2, 0) is 6.42 Å². The van der Waals surface area contributed by atoms with Crippen molar-refractivity contribution in [3.05, 3.63) is 33.8 Å². The molecule has 13 heavy (non-hydrogen) atoms. The second kappa shape index (κ2) is 4.39. The summed E-state index contributed by atoms with van der Waals surface area (Å²) in [5, 5.41) is 8.73. The van der Waals surface area contributed by atoms with Crippen molar-refractivity contribution < 1.29 is 9.90 Å². The topological polar surface area (TPSA) is 63.3 Å². The third-order valence-corrected chi connectivity index (χ3v) is 2.21. The molecule has 0 saturated heterocycles. The third-order valence-electron chi connectivity index (χ3n) is 1.72. The first-order valence-electron chi connectivity index (χ1n) is 3.84.